The molecule has 51 heavy (non-hydrogen) atoms. The van der Waals surface area contributed by atoms with Gasteiger partial charge in [0, 0.05) is 27.8 Å². The zero-order chi connectivity index (χ0) is 33.7. The van der Waals surface area contributed by atoms with Crippen LogP contribution in [0.15, 0.2) is 162 Å². The van der Waals surface area contributed by atoms with Crippen LogP contribution in [0.25, 0.3) is 78.4 Å². The first kappa shape index (κ1) is 28.0. The Balaban J connectivity index is 1.25. The van der Waals surface area contributed by atoms with Crippen molar-refractivity contribution in [3.8, 4) is 56.4 Å². The van der Waals surface area contributed by atoms with Crippen LogP contribution in [0.2, 0.25) is 0 Å². The molecule has 5 heteroatoms. The summed E-state index contributed by atoms with van der Waals surface area (Å²) in [5.74, 6) is 1.92. The van der Waals surface area contributed by atoms with Gasteiger partial charge in [0.25, 0.3) is 0 Å². The molecule has 1 atom stereocenters. The van der Waals surface area contributed by atoms with Crippen LogP contribution in [0, 0.1) is 0 Å². The number of nitrogens with two attached hydrogens (primary N) is 1. The van der Waals surface area contributed by atoms with Crippen LogP contribution in [0.3, 0.4) is 0 Å². The lowest BCUT2D eigenvalue weighted by Crippen LogP contribution is -2.25. The Morgan fingerprint density at radius 3 is 1.59 bits per heavy atom. The molecule has 2 aromatic heterocycles. The number of nitrogens with zero attached hydrogens (tertiary/aromatic N) is 3. The third-order valence-electron chi connectivity index (χ3n) is 10.7. The van der Waals surface area contributed by atoms with Crippen LogP contribution < -0.4 is 5.73 Å². The number of benzene rings is 7. The van der Waals surface area contributed by atoms with Gasteiger partial charge in [-0.15, -0.1) is 0 Å². The smallest absolute Gasteiger partial charge is 0.164 e. The summed E-state index contributed by atoms with van der Waals surface area (Å²) < 4.78 is 6.43. The van der Waals surface area contributed by atoms with Gasteiger partial charge in [0.2, 0.25) is 0 Å². The number of furan rings is 1. The highest BCUT2D eigenvalue weighted by Gasteiger charge is 2.53. The molecule has 2 aliphatic rings. The topological polar surface area (TPSA) is 77.8 Å². The number of fused-ring (bicyclic) bond motifs is 14. The minimum Gasteiger partial charge on any atom is -0.456 e. The van der Waals surface area contributed by atoms with Gasteiger partial charge >= 0.3 is 0 Å². The van der Waals surface area contributed by atoms with Crippen molar-refractivity contribution in [2.75, 3.05) is 5.73 Å². The summed E-state index contributed by atoms with van der Waals surface area (Å²) in [5.41, 5.74) is 20.9. The van der Waals surface area contributed by atoms with E-state index in [0.717, 1.165) is 44.2 Å². The Morgan fingerprint density at radius 2 is 0.902 bits per heavy atom. The summed E-state index contributed by atoms with van der Waals surface area (Å²) in [7, 11) is 0. The largest absolute Gasteiger partial charge is 0.456 e. The fraction of sp³-hybridized carbons (Fsp3) is 0.0217. The van der Waals surface area contributed by atoms with E-state index >= 15 is 0 Å². The molecule has 0 bridgehead atoms. The normalized spacial score (nSPS) is 15.2. The van der Waals surface area contributed by atoms with E-state index in [-0.39, 0.29) is 0 Å². The fourth-order valence-electron chi connectivity index (χ4n) is 8.73. The monoisotopic (exact) mass is 652 g/mol. The molecule has 9 aromatic rings. The predicted molar refractivity (Wildman–Crippen MR) is 204 cm³/mol. The van der Waals surface area contributed by atoms with Crippen molar-refractivity contribution in [1.29, 1.82) is 0 Å². The van der Waals surface area contributed by atoms with E-state index in [1.807, 2.05) is 78.9 Å². The van der Waals surface area contributed by atoms with Gasteiger partial charge < -0.3 is 10.2 Å². The maximum Gasteiger partial charge on any atom is 0.164 e. The van der Waals surface area contributed by atoms with Gasteiger partial charge in [0.15, 0.2) is 17.5 Å². The highest BCUT2D eigenvalue weighted by atomic mass is 16.3. The van der Waals surface area contributed by atoms with E-state index < -0.39 is 5.41 Å². The quantitative estimate of drug-likeness (QED) is 0.192. The van der Waals surface area contributed by atoms with Crippen molar-refractivity contribution in [3.05, 3.63) is 180 Å². The second-order valence-corrected chi connectivity index (χ2v) is 13.3. The molecule has 1 spiro atoms. The maximum absolute atomic E-state index is 6.69. The van der Waals surface area contributed by atoms with E-state index in [1.165, 1.54) is 38.9 Å². The first-order chi connectivity index (χ1) is 25.2. The number of anilines is 1. The summed E-state index contributed by atoms with van der Waals surface area (Å²) in [6.45, 7) is 0. The van der Waals surface area contributed by atoms with E-state index in [0.29, 0.717) is 23.2 Å². The molecule has 5 nitrogen and oxygen atoms in total. The molecular weight excluding hydrogens is 625 g/mol. The molecule has 2 heterocycles. The molecule has 7 aromatic carbocycles. The van der Waals surface area contributed by atoms with E-state index in [1.54, 1.807) is 0 Å². The molecule has 0 aliphatic heterocycles. The van der Waals surface area contributed by atoms with Crippen molar-refractivity contribution >= 4 is 27.6 Å². The fourth-order valence-corrected chi connectivity index (χ4v) is 8.73. The number of nitrogen functional groups attached to an aromatic ring is 1. The number of hydrogen-bond donors (Lipinski definition) is 1. The second kappa shape index (κ2) is 10.3. The van der Waals surface area contributed by atoms with Crippen molar-refractivity contribution in [3.63, 3.8) is 0 Å². The van der Waals surface area contributed by atoms with Crippen LogP contribution in [0.1, 0.15) is 22.3 Å². The average Bonchev–Trinajstić information content (AvgIpc) is 3.83. The average molecular weight is 653 g/mol. The van der Waals surface area contributed by atoms with Gasteiger partial charge in [-0.1, -0.05) is 140 Å². The number of hydrogen-bond acceptors (Lipinski definition) is 5. The van der Waals surface area contributed by atoms with Crippen LogP contribution in [0.4, 0.5) is 5.69 Å². The molecule has 0 fully saturated rings. The van der Waals surface area contributed by atoms with Crippen LogP contribution in [-0.2, 0) is 5.41 Å². The molecule has 0 amide bonds. The molecule has 2 N–H and O–H groups in total. The van der Waals surface area contributed by atoms with Gasteiger partial charge in [-0.25, -0.2) is 15.0 Å². The van der Waals surface area contributed by atoms with E-state index in [2.05, 4.69) is 78.9 Å². The summed E-state index contributed by atoms with van der Waals surface area (Å²) in [6, 6.07) is 54.8. The van der Waals surface area contributed by atoms with Gasteiger partial charge in [-0.05, 0) is 62.7 Å². The van der Waals surface area contributed by atoms with Gasteiger partial charge in [-0.3, -0.25) is 0 Å². The van der Waals surface area contributed by atoms with Gasteiger partial charge in [0.05, 0.1) is 10.8 Å². The van der Waals surface area contributed by atoms with Crippen LogP contribution >= 0.6 is 0 Å². The predicted octanol–water partition coefficient (Wildman–Crippen LogP) is 10.7. The van der Waals surface area contributed by atoms with E-state index in [9.17, 15) is 0 Å². The van der Waals surface area contributed by atoms with Gasteiger partial charge in [-0.2, -0.15) is 0 Å². The molecule has 238 valence electrons. The Hall–Kier alpha value is -6.85. The minimum atomic E-state index is -0.577. The molecule has 2 aliphatic carbocycles. The van der Waals surface area contributed by atoms with Crippen molar-refractivity contribution in [2.45, 2.75) is 5.41 Å². The zero-order valence-electron chi connectivity index (χ0n) is 27.3. The Bertz CT molecular complexity index is 2820. The maximum atomic E-state index is 6.69. The van der Waals surface area contributed by atoms with E-state index in [4.69, 9.17) is 25.1 Å². The molecule has 1 unspecified atom stereocenters. The summed E-state index contributed by atoms with van der Waals surface area (Å²) in [5, 5.41) is 2.02. The minimum absolute atomic E-state index is 0.577. The number of aromatic nitrogens is 3. The molecule has 11 rings (SSSR count). The van der Waals surface area contributed by atoms with Crippen molar-refractivity contribution < 1.29 is 4.42 Å². The third kappa shape index (κ3) is 3.72. The molecule has 0 radical (unpaired) electrons. The van der Waals surface area contributed by atoms with Crippen LogP contribution in [-0.4, -0.2) is 15.0 Å². The highest BCUT2D eigenvalue weighted by Crippen LogP contribution is 2.65. The number of rotatable bonds is 3. The summed E-state index contributed by atoms with van der Waals surface area (Å²) in [4.78, 5) is 15.3. The zero-order valence-corrected chi connectivity index (χ0v) is 27.3. The Labute approximate surface area is 293 Å². The lowest BCUT2D eigenvalue weighted by molar-refractivity contribution is 0.668. The summed E-state index contributed by atoms with van der Waals surface area (Å²) in [6.07, 6.45) is 0. The molecule has 0 saturated carbocycles. The molecular formula is C46H28N4O. The van der Waals surface area contributed by atoms with Gasteiger partial charge in [0.1, 0.15) is 11.2 Å². The second-order valence-electron chi connectivity index (χ2n) is 13.3. The lowest BCUT2D eigenvalue weighted by Gasteiger charge is -2.30. The standard InChI is InChI=1S/C46H28N4O/c47-36-23-12-24-37-41(36)42-38(51-37)26-25-35-40(42)30-18-8-10-21-33(30)46(35)32-20-9-7-17-29(32)39-31(19-11-22-34(39)46)45-49-43(27-13-3-1-4-14-27)48-44(50-45)28-15-5-2-6-16-28/h1-26H,47H2. The summed E-state index contributed by atoms with van der Waals surface area (Å²) >= 11 is 0. The lowest BCUT2D eigenvalue weighted by atomic mass is 9.70. The Morgan fingerprint density at radius 1 is 0.392 bits per heavy atom. The third-order valence-corrected chi connectivity index (χ3v) is 10.7. The molecule has 0 saturated heterocycles. The van der Waals surface area contributed by atoms with Crippen molar-refractivity contribution in [2.24, 2.45) is 0 Å². The van der Waals surface area contributed by atoms with Crippen LogP contribution in [0.5, 0.6) is 0 Å². The Kier molecular flexibility index (Phi) is 5.68. The first-order valence-corrected chi connectivity index (χ1v) is 17.2. The first-order valence-electron chi connectivity index (χ1n) is 17.2. The SMILES string of the molecule is Nc1cccc2oc3ccc4c(c3c12)-c1ccccc1C41c2ccccc2-c2c(-c3nc(-c4ccccc4)nc(-c4ccccc4)n3)cccc21. The van der Waals surface area contributed by atoms with Crippen molar-refractivity contribution in [1.82, 2.24) is 15.0 Å². The highest BCUT2D eigenvalue weighted by molar-refractivity contribution is 6.19.